The van der Waals surface area contributed by atoms with Crippen LogP contribution in [0.2, 0.25) is 0 Å². The van der Waals surface area contributed by atoms with E-state index in [9.17, 15) is 4.79 Å². The first-order valence-corrected chi connectivity index (χ1v) is 7.52. The molecule has 1 aliphatic carbocycles. The van der Waals surface area contributed by atoms with E-state index < -0.39 is 0 Å². The fourth-order valence-corrected chi connectivity index (χ4v) is 2.56. The first-order chi connectivity index (χ1) is 10.2. The minimum atomic E-state index is 0.199. The summed E-state index contributed by atoms with van der Waals surface area (Å²) in [7, 11) is 1.66. The van der Waals surface area contributed by atoms with Gasteiger partial charge < -0.3 is 15.0 Å². The Morgan fingerprint density at radius 2 is 1.95 bits per heavy atom. The highest BCUT2D eigenvalue weighted by Crippen LogP contribution is 2.30. The maximum Gasteiger partial charge on any atom is 0.250 e. The van der Waals surface area contributed by atoms with E-state index >= 15 is 0 Å². The zero-order valence-electron chi connectivity index (χ0n) is 12.7. The quantitative estimate of drug-likeness (QED) is 0.843. The topological polar surface area (TPSA) is 41.6 Å². The molecule has 1 heterocycles. The normalized spacial score (nSPS) is 17.1. The molecule has 2 aliphatic rings. The van der Waals surface area contributed by atoms with Crippen molar-refractivity contribution in [3.8, 4) is 5.75 Å². The molecule has 0 radical (unpaired) electrons. The van der Waals surface area contributed by atoms with Gasteiger partial charge in [0.05, 0.1) is 7.11 Å². The Balaban J connectivity index is 1.73. The van der Waals surface area contributed by atoms with Crippen molar-refractivity contribution in [2.75, 3.05) is 20.2 Å². The average molecular weight is 286 g/mol. The number of benzene rings is 1. The number of methoxy groups -OCH3 is 1. The molecule has 1 amide bonds. The summed E-state index contributed by atoms with van der Waals surface area (Å²) in [6, 6.07) is 8.39. The van der Waals surface area contributed by atoms with Gasteiger partial charge in [0.2, 0.25) is 5.91 Å². The number of rotatable bonds is 5. The lowest BCUT2D eigenvalue weighted by Gasteiger charge is -2.27. The maximum atomic E-state index is 12.7. The summed E-state index contributed by atoms with van der Waals surface area (Å²) in [6.07, 6.45) is 2.26. The average Bonchev–Trinajstić information content (AvgIpc) is 3.27. The van der Waals surface area contributed by atoms with Crippen LogP contribution in [0, 0.1) is 0 Å². The Kier molecular flexibility index (Phi) is 3.97. The van der Waals surface area contributed by atoms with Gasteiger partial charge in [-0.2, -0.15) is 0 Å². The summed E-state index contributed by atoms with van der Waals surface area (Å²) in [5.74, 6) is 1.05. The Labute approximate surface area is 125 Å². The smallest absolute Gasteiger partial charge is 0.250 e. The van der Waals surface area contributed by atoms with Gasteiger partial charge in [0.15, 0.2) is 0 Å². The van der Waals surface area contributed by atoms with Gasteiger partial charge in [0.1, 0.15) is 5.75 Å². The van der Waals surface area contributed by atoms with Gasteiger partial charge in [-0.15, -0.1) is 0 Å². The monoisotopic (exact) mass is 286 g/mol. The minimum absolute atomic E-state index is 0.199. The highest BCUT2D eigenvalue weighted by Gasteiger charge is 2.34. The molecule has 0 atom stereocenters. The fourth-order valence-electron chi connectivity index (χ4n) is 2.56. The first kappa shape index (κ1) is 14.1. The molecule has 1 saturated carbocycles. The van der Waals surface area contributed by atoms with E-state index in [0.29, 0.717) is 12.6 Å². The zero-order valence-corrected chi connectivity index (χ0v) is 12.7. The number of amides is 1. The zero-order chi connectivity index (χ0) is 14.8. The highest BCUT2D eigenvalue weighted by atomic mass is 16.5. The predicted octanol–water partition coefficient (Wildman–Crippen LogP) is 2.11. The Morgan fingerprint density at radius 3 is 2.43 bits per heavy atom. The van der Waals surface area contributed by atoms with Crippen molar-refractivity contribution in [3.05, 3.63) is 41.0 Å². The minimum Gasteiger partial charge on any atom is -0.497 e. The van der Waals surface area contributed by atoms with E-state index in [1.54, 1.807) is 7.11 Å². The lowest BCUT2D eigenvalue weighted by molar-refractivity contribution is -0.128. The van der Waals surface area contributed by atoms with Crippen molar-refractivity contribution in [2.45, 2.75) is 32.4 Å². The highest BCUT2D eigenvalue weighted by molar-refractivity contribution is 5.94. The standard InChI is InChI=1S/C17H22N2O2/c1-12(14-9-18-10-14)17(20)19(15-5-6-15)11-13-3-7-16(21-2)8-4-13/h3-4,7-8,15,18H,5-6,9-11H2,1-2H3. The molecular formula is C17H22N2O2. The second-order valence-electron chi connectivity index (χ2n) is 5.84. The van der Waals surface area contributed by atoms with Crippen molar-refractivity contribution >= 4 is 5.91 Å². The molecule has 1 saturated heterocycles. The summed E-state index contributed by atoms with van der Waals surface area (Å²) in [6.45, 7) is 4.37. The number of carbonyl (C=O) groups excluding carboxylic acids is 1. The van der Waals surface area contributed by atoms with E-state index in [1.165, 1.54) is 5.57 Å². The molecule has 112 valence electrons. The van der Waals surface area contributed by atoms with E-state index in [-0.39, 0.29) is 5.91 Å². The van der Waals surface area contributed by atoms with E-state index in [1.807, 2.05) is 36.1 Å². The number of hydrogen-bond donors (Lipinski definition) is 1. The molecule has 21 heavy (non-hydrogen) atoms. The second kappa shape index (κ2) is 5.90. The van der Waals surface area contributed by atoms with Crippen LogP contribution in [0.4, 0.5) is 0 Å². The summed E-state index contributed by atoms with van der Waals surface area (Å²) in [5.41, 5.74) is 3.33. The summed E-state index contributed by atoms with van der Waals surface area (Å²) in [4.78, 5) is 14.7. The van der Waals surface area contributed by atoms with Crippen molar-refractivity contribution in [1.29, 1.82) is 0 Å². The van der Waals surface area contributed by atoms with Gasteiger partial charge in [-0.25, -0.2) is 0 Å². The molecule has 2 fully saturated rings. The van der Waals surface area contributed by atoms with Crippen LogP contribution in [-0.2, 0) is 11.3 Å². The molecule has 1 aromatic rings. The van der Waals surface area contributed by atoms with Crippen LogP contribution in [0.25, 0.3) is 0 Å². The van der Waals surface area contributed by atoms with Gasteiger partial charge in [0.25, 0.3) is 0 Å². The third kappa shape index (κ3) is 3.10. The number of nitrogens with zero attached hydrogens (tertiary/aromatic N) is 1. The van der Waals surface area contributed by atoms with Crippen molar-refractivity contribution in [1.82, 2.24) is 10.2 Å². The summed E-state index contributed by atoms with van der Waals surface area (Å²) >= 11 is 0. The van der Waals surface area contributed by atoms with Gasteiger partial charge in [-0.1, -0.05) is 12.1 Å². The van der Waals surface area contributed by atoms with Crippen LogP contribution in [0.5, 0.6) is 5.75 Å². The van der Waals surface area contributed by atoms with Gasteiger partial charge in [-0.05, 0) is 43.0 Å². The molecular weight excluding hydrogens is 264 g/mol. The predicted molar refractivity (Wildman–Crippen MR) is 82.1 cm³/mol. The fraction of sp³-hybridized carbons (Fsp3) is 0.471. The van der Waals surface area contributed by atoms with Crippen molar-refractivity contribution in [3.63, 3.8) is 0 Å². The molecule has 4 nitrogen and oxygen atoms in total. The Morgan fingerprint density at radius 1 is 1.29 bits per heavy atom. The second-order valence-corrected chi connectivity index (χ2v) is 5.84. The molecule has 0 unspecified atom stereocenters. The van der Waals surface area contributed by atoms with Crippen LogP contribution in [0.1, 0.15) is 25.3 Å². The van der Waals surface area contributed by atoms with Crippen LogP contribution >= 0.6 is 0 Å². The number of carbonyl (C=O) groups is 1. The Bertz CT molecular complexity index is 553. The van der Waals surface area contributed by atoms with Gasteiger partial charge >= 0.3 is 0 Å². The van der Waals surface area contributed by atoms with Crippen LogP contribution < -0.4 is 10.1 Å². The molecule has 4 heteroatoms. The van der Waals surface area contributed by atoms with Crippen LogP contribution in [0.3, 0.4) is 0 Å². The number of ether oxygens (including phenoxy) is 1. The lowest BCUT2D eigenvalue weighted by atomic mass is 10.0. The summed E-state index contributed by atoms with van der Waals surface area (Å²) in [5, 5.41) is 3.20. The summed E-state index contributed by atoms with van der Waals surface area (Å²) < 4.78 is 5.18. The van der Waals surface area contributed by atoms with Crippen LogP contribution in [0.15, 0.2) is 35.4 Å². The molecule has 1 N–H and O–H groups in total. The molecule has 3 rings (SSSR count). The maximum absolute atomic E-state index is 12.7. The SMILES string of the molecule is COc1ccc(CN(C(=O)C(C)=C2CNC2)C2CC2)cc1. The number of nitrogens with one attached hydrogen (secondary N) is 1. The molecule has 1 aliphatic heterocycles. The van der Waals surface area contributed by atoms with E-state index in [4.69, 9.17) is 4.74 Å². The molecule has 0 bridgehead atoms. The van der Waals surface area contributed by atoms with E-state index in [2.05, 4.69) is 5.32 Å². The van der Waals surface area contributed by atoms with Crippen LogP contribution in [-0.4, -0.2) is 37.0 Å². The van der Waals surface area contributed by atoms with Crippen molar-refractivity contribution < 1.29 is 9.53 Å². The molecule has 0 aromatic heterocycles. The number of hydrogen-bond acceptors (Lipinski definition) is 3. The van der Waals surface area contributed by atoms with E-state index in [0.717, 1.165) is 42.8 Å². The molecule has 1 aromatic carbocycles. The largest absolute Gasteiger partial charge is 0.497 e. The molecule has 0 spiro atoms. The third-order valence-corrected chi connectivity index (χ3v) is 4.29. The Hall–Kier alpha value is -1.81. The lowest BCUT2D eigenvalue weighted by Crippen LogP contribution is -2.39. The van der Waals surface area contributed by atoms with Crippen molar-refractivity contribution in [2.24, 2.45) is 0 Å². The van der Waals surface area contributed by atoms with Gasteiger partial charge in [0, 0.05) is 31.2 Å². The van der Waals surface area contributed by atoms with Gasteiger partial charge in [-0.3, -0.25) is 4.79 Å². The third-order valence-electron chi connectivity index (χ3n) is 4.29. The first-order valence-electron chi connectivity index (χ1n) is 7.52.